The summed E-state index contributed by atoms with van der Waals surface area (Å²) in [7, 11) is 0. The number of ether oxygens (including phenoxy) is 1. The molecule has 0 saturated carbocycles. The van der Waals surface area contributed by atoms with Crippen LogP contribution in [0.2, 0.25) is 0 Å². The number of carbonyl (C=O) groups excluding carboxylic acids is 1. The first kappa shape index (κ1) is 20.3. The van der Waals surface area contributed by atoms with E-state index in [0.717, 1.165) is 32.5 Å². The van der Waals surface area contributed by atoms with Crippen LogP contribution in [0.5, 0.6) is 0 Å². The van der Waals surface area contributed by atoms with Crippen molar-refractivity contribution in [2.24, 2.45) is 0 Å². The first-order chi connectivity index (χ1) is 10.8. The number of piperidine rings is 1. The predicted octanol–water partition coefficient (Wildman–Crippen LogP) is 4.73. The van der Waals surface area contributed by atoms with Gasteiger partial charge in [0.2, 0.25) is 0 Å². The van der Waals surface area contributed by atoms with Crippen LogP contribution in [0, 0.1) is 0 Å². The zero-order chi connectivity index (χ0) is 17.3. The minimum Gasteiger partial charge on any atom is -0.444 e. The van der Waals surface area contributed by atoms with Gasteiger partial charge in [0.1, 0.15) is 5.60 Å². The van der Waals surface area contributed by atoms with Crippen LogP contribution in [-0.2, 0) is 4.74 Å². The number of unbranched alkanes of at least 4 members (excludes halogenated alkanes) is 5. The van der Waals surface area contributed by atoms with E-state index in [1.807, 2.05) is 25.7 Å². The fourth-order valence-corrected chi connectivity index (χ4v) is 2.98. The molecule has 0 aromatic heterocycles. The largest absolute Gasteiger partial charge is 0.444 e. The zero-order valence-corrected chi connectivity index (χ0v) is 16.0. The van der Waals surface area contributed by atoms with Gasteiger partial charge < -0.3 is 15.0 Å². The molecule has 0 aromatic rings. The average molecular weight is 327 g/mol. The fourth-order valence-electron chi connectivity index (χ4n) is 2.98. The van der Waals surface area contributed by atoms with Gasteiger partial charge in [-0.2, -0.15) is 0 Å². The third kappa shape index (κ3) is 8.59. The van der Waals surface area contributed by atoms with Crippen molar-refractivity contribution in [3.05, 3.63) is 0 Å². The number of amides is 1. The van der Waals surface area contributed by atoms with Crippen LogP contribution >= 0.6 is 0 Å². The van der Waals surface area contributed by atoms with Crippen molar-refractivity contribution in [3.8, 4) is 0 Å². The summed E-state index contributed by atoms with van der Waals surface area (Å²) in [6.45, 7) is 13.0. The molecule has 0 unspecified atom stereocenters. The summed E-state index contributed by atoms with van der Waals surface area (Å²) in [6.07, 6.45) is 9.83. The molecule has 0 aliphatic carbocycles. The molecule has 1 saturated heterocycles. The van der Waals surface area contributed by atoms with Crippen LogP contribution < -0.4 is 5.32 Å². The van der Waals surface area contributed by atoms with Crippen LogP contribution in [0.3, 0.4) is 0 Å². The second kappa shape index (κ2) is 9.51. The third-order valence-corrected chi connectivity index (χ3v) is 4.60. The van der Waals surface area contributed by atoms with Crippen molar-refractivity contribution < 1.29 is 9.53 Å². The van der Waals surface area contributed by atoms with Crippen LogP contribution in [0.15, 0.2) is 0 Å². The van der Waals surface area contributed by atoms with Gasteiger partial charge in [0.15, 0.2) is 0 Å². The van der Waals surface area contributed by atoms with Crippen LogP contribution in [0.25, 0.3) is 0 Å². The first-order valence-electron chi connectivity index (χ1n) is 9.49. The number of hydrogen-bond acceptors (Lipinski definition) is 3. The summed E-state index contributed by atoms with van der Waals surface area (Å²) in [5, 5.41) is 3.72. The molecule has 1 N–H and O–H groups in total. The van der Waals surface area contributed by atoms with Crippen molar-refractivity contribution in [1.82, 2.24) is 10.2 Å². The minimum absolute atomic E-state index is 0.169. The Labute approximate surface area is 143 Å². The normalized spacial score (nSPS) is 18.0. The van der Waals surface area contributed by atoms with Gasteiger partial charge in [-0.1, -0.05) is 39.0 Å². The third-order valence-electron chi connectivity index (χ3n) is 4.60. The van der Waals surface area contributed by atoms with Gasteiger partial charge in [-0.15, -0.1) is 0 Å². The molecule has 23 heavy (non-hydrogen) atoms. The van der Waals surface area contributed by atoms with E-state index in [0.29, 0.717) is 0 Å². The highest BCUT2D eigenvalue weighted by molar-refractivity contribution is 5.68. The average Bonchev–Trinajstić information content (AvgIpc) is 2.45. The predicted molar refractivity (Wildman–Crippen MR) is 96.8 cm³/mol. The molecule has 0 aromatic carbocycles. The second-order valence-corrected chi connectivity index (χ2v) is 8.22. The molecule has 0 radical (unpaired) electrons. The van der Waals surface area contributed by atoms with Crippen molar-refractivity contribution >= 4 is 6.09 Å². The van der Waals surface area contributed by atoms with Crippen molar-refractivity contribution in [3.63, 3.8) is 0 Å². The molecule has 1 amide bonds. The molecular formula is C19H38N2O2. The fraction of sp³-hybridized carbons (Fsp3) is 0.947. The lowest BCUT2D eigenvalue weighted by Gasteiger charge is -2.40. The highest BCUT2D eigenvalue weighted by Crippen LogP contribution is 2.23. The van der Waals surface area contributed by atoms with Crippen LogP contribution in [-0.4, -0.2) is 41.8 Å². The summed E-state index contributed by atoms with van der Waals surface area (Å²) in [6, 6.07) is 0. The minimum atomic E-state index is -0.409. The number of hydrogen-bond donors (Lipinski definition) is 1. The molecule has 0 atom stereocenters. The molecule has 4 nitrogen and oxygen atoms in total. The van der Waals surface area contributed by atoms with Crippen molar-refractivity contribution in [1.29, 1.82) is 0 Å². The molecule has 0 bridgehead atoms. The lowest BCUT2D eigenvalue weighted by molar-refractivity contribution is 0.0158. The van der Waals surface area contributed by atoms with Crippen molar-refractivity contribution in [2.75, 3.05) is 19.6 Å². The van der Waals surface area contributed by atoms with Gasteiger partial charge in [-0.25, -0.2) is 4.79 Å². The zero-order valence-electron chi connectivity index (χ0n) is 16.0. The van der Waals surface area contributed by atoms with E-state index in [9.17, 15) is 4.79 Å². The molecule has 1 aliphatic rings. The lowest BCUT2D eigenvalue weighted by atomic mass is 9.89. The van der Waals surface area contributed by atoms with Crippen LogP contribution in [0.1, 0.15) is 86.0 Å². The summed E-state index contributed by atoms with van der Waals surface area (Å²) in [4.78, 5) is 13.9. The van der Waals surface area contributed by atoms with Gasteiger partial charge in [0.25, 0.3) is 0 Å². The van der Waals surface area contributed by atoms with E-state index in [4.69, 9.17) is 4.74 Å². The Bertz CT molecular complexity index is 342. The Morgan fingerprint density at radius 3 is 2.22 bits per heavy atom. The number of carbonyl (C=O) groups is 1. The summed E-state index contributed by atoms with van der Waals surface area (Å²) < 4.78 is 5.46. The SMILES string of the molecule is CCCCCCCCNC1(C)CCN(C(=O)OC(C)(C)C)CC1. The molecular weight excluding hydrogens is 288 g/mol. The van der Waals surface area contributed by atoms with Gasteiger partial charge in [-0.3, -0.25) is 0 Å². The number of nitrogens with zero attached hydrogens (tertiary/aromatic N) is 1. The number of nitrogens with one attached hydrogen (secondary N) is 1. The smallest absolute Gasteiger partial charge is 0.410 e. The summed E-state index contributed by atoms with van der Waals surface area (Å²) in [5.74, 6) is 0. The highest BCUT2D eigenvalue weighted by atomic mass is 16.6. The first-order valence-corrected chi connectivity index (χ1v) is 9.49. The molecule has 0 spiro atoms. The second-order valence-electron chi connectivity index (χ2n) is 8.22. The van der Waals surface area contributed by atoms with Gasteiger partial charge in [-0.05, 0) is 53.5 Å². The Hall–Kier alpha value is -0.770. The summed E-state index contributed by atoms with van der Waals surface area (Å²) >= 11 is 0. The van der Waals surface area contributed by atoms with E-state index in [1.165, 1.54) is 38.5 Å². The van der Waals surface area contributed by atoms with E-state index in [1.54, 1.807) is 0 Å². The Morgan fingerprint density at radius 1 is 1.09 bits per heavy atom. The van der Waals surface area contributed by atoms with Gasteiger partial charge >= 0.3 is 6.09 Å². The standard InChI is InChI=1S/C19H38N2O2/c1-6-7-8-9-10-11-14-20-19(5)12-15-21(16-13-19)17(22)23-18(2,3)4/h20H,6-16H2,1-5H3. The Balaban J connectivity index is 2.19. The molecule has 1 aliphatic heterocycles. The lowest BCUT2D eigenvalue weighted by Crippen LogP contribution is -2.53. The quantitative estimate of drug-likeness (QED) is 0.656. The van der Waals surface area contributed by atoms with E-state index in [-0.39, 0.29) is 11.6 Å². The monoisotopic (exact) mass is 326 g/mol. The van der Waals surface area contributed by atoms with Crippen molar-refractivity contribution in [2.45, 2.75) is 97.1 Å². The maximum Gasteiger partial charge on any atom is 0.410 e. The summed E-state index contributed by atoms with van der Waals surface area (Å²) in [5.41, 5.74) is -0.240. The van der Waals surface area contributed by atoms with E-state index >= 15 is 0 Å². The highest BCUT2D eigenvalue weighted by Gasteiger charge is 2.32. The molecule has 1 fully saturated rings. The maximum atomic E-state index is 12.1. The van der Waals surface area contributed by atoms with E-state index < -0.39 is 5.60 Å². The topological polar surface area (TPSA) is 41.6 Å². The number of likely N-dealkylation sites (tertiary alicyclic amines) is 1. The molecule has 136 valence electrons. The Morgan fingerprint density at radius 2 is 1.65 bits per heavy atom. The maximum absolute atomic E-state index is 12.1. The molecule has 1 heterocycles. The molecule has 1 rings (SSSR count). The van der Waals surface area contributed by atoms with Crippen LogP contribution in [0.4, 0.5) is 4.79 Å². The van der Waals surface area contributed by atoms with Gasteiger partial charge in [0.05, 0.1) is 0 Å². The van der Waals surface area contributed by atoms with Gasteiger partial charge in [0, 0.05) is 18.6 Å². The number of rotatable bonds is 8. The molecule has 4 heteroatoms. The Kier molecular flexibility index (Phi) is 8.38. The van der Waals surface area contributed by atoms with E-state index in [2.05, 4.69) is 19.2 Å².